The van der Waals surface area contributed by atoms with Crippen LogP contribution in [0.25, 0.3) is 6.08 Å². The molecule has 3 amide bonds. The van der Waals surface area contributed by atoms with Gasteiger partial charge in [0.25, 0.3) is 5.91 Å². The minimum Gasteiger partial charge on any atom is -0.480 e. The number of rotatable bonds is 7. The maximum Gasteiger partial charge on any atom is 0.319 e. The van der Waals surface area contributed by atoms with E-state index < -0.39 is 5.91 Å². The van der Waals surface area contributed by atoms with Crippen LogP contribution in [-0.2, 0) is 9.59 Å². The SMILES string of the molecule is COc1ncc(C=CC(=O)N2CCC3(CCN(C(=O)CNC(=O)c4ccco4)CC3)C2)c(OC)n1. The molecule has 11 nitrogen and oxygen atoms in total. The number of hydrogen-bond donors (Lipinski definition) is 1. The fraction of sp³-hybridized carbons (Fsp3) is 0.458. The second kappa shape index (κ2) is 10.6. The summed E-state index contributed by atoms with van der Waals surface area (Å²) < 4.78 is 15.3. The molecule has 4 rings (SSSR count). The Bertz CT molecular complexity index is 1090. The number of carbonyl (C=O) groups is 3. The first-order chi connectivity index (χ1) is 16.9. The average molecular weight is 484 g/mol. The second-order valence-electron chi connectivity index (χ2n) is 8.71. The molecule has 0 radical (unpaired) electrons. The molecule has 1 N–H and O–H groups in total. The highest BCUT2D eigenvalue weighted by Gasteiger charge is 2.42. The Morgan fingerprint density at radius 1 is 1.14 bits per heavy atom. The van der Waals surface area contributed by atoms with Crippen molar-refractivity contribution in [2.24, 2.45) is 5.41 Å². The fourth-order valence-electron chi connectivity index (χ4n) is 4.53. The summed E-state index contributed by atoms with van der Waals surface area (Å²) in [4.78, 5) is 49.1. The van der Waals surface area contributed by atoms with Gasteiger partial charge >= 0.3 is 6.01 Å². The van der Waals surface area contributed by atoms with Crippen molar-refractivity contribution in [2.45, 2.75) is 19.3 Å². The highest BCUT2D eigenvalue weighted by Crippen LogP contribution is 2.40. The van der Waals surface area contributed by atoms with E-state index in [0.717, 1.165) is 19.3 Å². The quantitative estimate of drug-likeness (QED) is 0.585. The van der Waals surface area contributed by atoms with Crippen molar-refractivity contribution in [3.8, 4) is 11.9 Å². The van der Waals surface area contributed by atoms with Gasteiger partial charge in [0, 0.05) is 38.5 Å². The van der Waals surface area contributed by atoms with Crippen LogP contribution in [0.4, 0.5) is 0 Å². The largest absolute Gasteiger partial charge is 0.480 e. The number of hydrogen-bond acceptors (Lipinski definition) is 8. The van der Waals surface area contributed by atoms with E-state index in [1.54, 1.807) is 29.3 Å². The molecule has 2 saturated heterocycles. The third kappa shape index (κ3) is 5.61. The molecule has 2 aliphatic rings. The maximum absolute atomic E-state index is 12.8. The van der Waals surface area contributed by atoms with E-state index in [1.807, 2.05) is 4.90 Å². The molecule has 1 spiro atoms. The Labute approximate surface area is 203 Å². The van der Waals surface area contributed by atoms with Crippen LogP contribution in [0.1, 0.15) is 35.4 Å². The van der Waals surface area contributed by atoms with Gasteiger partial charge in [0.15, 0.2) is 5.76 Å². The first kappa shape index (κ1) is 24.2. The van der Waals surface area contributed by atoms with E-state index in [-0.39, 0.29) is 35.5 Å². The molecule has 0 atom stereocenters. The van der Waals surface area contributed by atoms with Crippen molar-refractivity contribution < 1.29 is 28.3 Å². The van der Waals surface area contributed by atoms with Crippen LogP contribution >= 0.6 is 0 Å². The molecule has 2 aromatic rings. The van der Waals surface area contributed by atoms with Gasteiger partial charge in [0.05, 0.1) is 32.6 Å². The second-order valence-corrected chi connectivity index (χ2v) is 8.71. The smallest absolute Gasteiger partial charge is 0.319 e. The van der Waals surface area contributed by atoms with E-state index in [0.29, 0.717) is 37.6 Å². The van der Waals surface area contributed by atoms with Crippen LogP contribution < -0.4 is 14.8 Å². The summed E-state index contributed by atoms with van der Waals surface area (Å²) in [5, 5.41) is 2.60. The predicted molar refractivity (Wildman–Crippen MR) is 125 cm³/mol. The molecule has 2 fully saturated rings. The molecule has 0 aromatic carbocycles. The summed E-state index contributed by atoms with van der Waals surface area (Å²) >= 11 is 0. The lowest BCUT2D eigenvalue weighted by Crippen LogP contribution is -2.47. The number of likely N-dealkylation sites (tertiary alicyclic amines) is 2. The molecular formula is C24H29N5O6. The maximum atomic E-state index is 12.8. The fourth-order valence-corrected chi connectivity index (χ4v) is 4.53. The minimum atomic E-state index is -0.409. The first-order valence-corrected chi connectivity index (χ1v) is 11.4. The number of furan rings is 1. The van der Waals surface area contributed by atoms with Gasteiger partial charge in [0.2, 0.25) is 17.7 Å². The number of nitrogens with one attached hydrogen (secondary N) is 1. The summed E-state index contributed by atoms with van der Waals surface area (Å²) in [7, 11) is 2.97. The van der Waals surface area contributed by atoms with Gasteiger partial charge in [-0.1, -0.05) is 0 Å². The molecule has 35 heavy (non-hydrogen) atoms. The van der Waals surface area contributed by atoms with Crippen LogP contribution in [0.5, 0.6) is 11.9 Å². The standard InChI is InChI=1S/C24H29N5O6/c1-33-22-17(14-26-23(27-22)34-2)5-6-19(30)29-12-9-24(16-29)7-10-28(11-8-24)20(31)15-25-21(32)18-4-3-13-35-18/h3-6,13-14H,7-12,15-16H2,1-2H3,(H,25,32). The lowest BCUT2D eigenvalue weighted by molar-refractivity contribution is -0.133. The van der Waals surface area contributed by atoms with Gasteiger partial charge in [-0.3, -0.25) is 14.4 Å². The van der Waals surface area contributed by atoms with E-state index in [1.165, 1.54) is 26.6 Å². The van der Waals surface area contributed by atoms with Crippen LogP contribution in [0.3, 0.4) is 0 Å². The molecule has 186 valence electrons. The van der Waals surface area contributed by atoms with Gasteiger partial charge in [-0.15, -0.1) is 0 Å². The average Bonchev–Trinajstić information content (AvgIpc) is 3.57. The van der Waals surface area contributed by atoms with E-state index in [4.69, 9.17) is 13.9 Å². The predicted octanol–water partition coefficient (Wildman–Crippen LogP) is 1.37. The Balaban J connectivity index is 1.26. The molecular weight excluding hydrogens is 454 g/mol. The first-order valence-electron chi connectivity index (χ1n) is 11.4. The van der Waals surface area contributed by atoms with Crippen LogP contribution in [0.15, 0.2) is 35.1 Å². The molecule has 11 heteroatoms. The number of amides is 3. The number of nitrogens with zero attached hydrogens (tertiary/aromatic N) is 4. The number of carbonyl (C=O) groups excluding carboxylic acids is 3. The summed E-state index contributed by atoms with van der Waals surface area (Å²) in [6.45, 7) is 2.47. The Morgan fingerprint density at radius 2 is 1.89 bits per heavy atom. The van der Waals surface area contributed by atoms with Crippen molar-refractivity contribution in [3.63, 3.8) is 0 Å². The van der Waals surface area contributed by atoms with Crippen molar-refractivity contribution in [3.05, 3.63) is 42.0 Å². The summed E-state index contributed by atoms with van der Waals surface area (Å²) in [6.07, 6.45) is 8.65. The highest BCUT2D eigenvalue weighted by atomic mass is 16.5. The van der Waals surface area contributed by atoms with Crippen LogP contribution in [0, 0.1) is 5.41 Å². The number of piperidine rings is 1. The monoisotopic (exact) mass is 483 g/mol. The lowest BCUT2D eigenvalue weighted by Gasteiger charge is -2.39. The molecule has 4 heterocycles. The number of ether oxygens (including phenoxy) is 2. The van der Waals surface area contributed by atoms with E-state index >= 15 is 0 Å². The molecule has 2 aliphatic heterocycles. The van der Waals surface area contributed by atoms with Crippen LogP contribution in [-0.4, -0.2) is 84.4 Å². The number of methoxy groups -OCH3 is 2. The lowest BCUT2D eigenvalue weighted by atomic mass is 9.78. The molecule has 0 aliphatic carbocycles. The molecule has 0 saturated carbocycles. The summed E-state index contributed by atoms with van der Waals surface area (Å²) in [5.41, 5.74) is 0.597. The normalized spacial score (nSPS) is 17.1. The third-order valence-electron chi connectivity index (χ3n) is 6.61. The van der Waals surface area contributed by atoms with Crippen molar-refractivity contribution in [1.29, 1.82) is 0 Å². The molecule has 0 bridgehead atoms. The summed E-state index contributed by atoms with van der Waals surface area (Å²) in [5.74, 6) is -0.105. The van der Waals surface area contributed by atoms with Crippen molar-refractivity contribution >= 4 is 23.8 Å². The van der Waals surface area contributed by atoms with Gasteiger partial charge in [0.1, 0.15) is 0 Å². The highest BCUT2D eigenvalue weighted by molar-refractivity contribution is 5.94. The zero-order chi connectivity index (χ0) is 24.8. The topological polar surface area (TPSA) is 127 Å². The van der Waals surface area contributed by atoms with Gasteiger partial charge in [-0.05, 0) is 42.9 Å². The van der Waals surface area contributed by atoms with Crippen molar-refractivity contribution in [1.82, 2.24) is 25.1 Å². The van der Waals surface area contributed by atoms with E-state index in [2.05, 4.69) is 15.3 Å². The Morgan fingerprint density at radius 3 is 2.54 bits per heavy atom. The molecule has 0 unspecified atom stereocenters. The molecule has 2 aromatic heterocycles. The summed E-state index contributed by atoms with van der Waals surface area (Å²) in [6, 6.07) is 3.36. The van der Waals surface area contributed by atoms with Crippen LogP contribution in [0.2, 0.25) is 0 Å². The van der Waals surface area contributed by atoms with Crippen molar-refractivity contribution in [2.75, 3.05) is 46.9 Å². The number of aromatic nitrogens is 2. The zero-order valence-electron chi connectivity index (χ0n) is 19.9. The Kier molecular flexibility index (Phi) is 7.33. The van der Waals surface area contributed by atoms with E-state index in [9.17, 15) is 14.4 Å². The third-order valence-corrected chi connectivity index (χ3v) is 6.61. The van der Waals surface area contributed by atoms with Gasteiger partial charge < -0.3 is 29.0 Å². The zero-order valence-corrected chi connectivity index (χ0v) is 19.9. The van der Waals surface area contributed by atoms with Gasteiger partial charge in [-0.25, -0.2) is 4.98 Å². The van der Waals surface area contributed by atoms with Gasteiger partial charge in [-0.2, -0.15) is 4.98 Å². The Hall–Kier alpha value is -3.89. The minimum absolute atomic E-state index is 0.0125.